The van der Waals surface area contributed by atoms with Crippen molar-refractivity contribution < 1.29 is 19.1 Å². The van der Waals surface area contributed by atoms with Gasteiger partial charge in [-0.25, -0.2) is 0 Å². The number of Topliss-reactive ketones (excluding diaryl/α,β-unsaturated/α-hetero) is 1. The zero-order valence-corrected chi connectivity index (χ0v) is 14.9. The predicted octanol–water partition coefficient (Wildman–Crippen LogP) is 4.34. The summed E-state index contributed by atoms with van der Waals surface area (Å²) in [6.07, 6.45) is 0.277. The molecule has 0 fully saturated rings. The number of nitrogens with one attached hydrogen (secondary N) is 1. The van der Waals surface area contributed by atoms with Crippen molar-refractivity contribution in [3.8, 4) is 11.5 Å². The highest BCUT2D eigenvalue weighted by Gasteiger charge is 2.32. The molecule has 1 N–H and O–H groups in total. The molecule has 0 atom stereocenters. The Balaban J connectivity index is 1.83. The normalized spacial score (nSPS) is 15.1. The predicted molar refractivity (Wildman–Crippen MR) is 96.1 cm³/mol. The standard InChI is InChI=1S/C19H18ClNO4/c1-19(2)10-15(22)13-8-11(4-6-16(13)25-19)18(23)21-12-5-7-17(24-3)14(20)9-12/h4-9H,10H2,1-3H3,(H,21,23). The lowest BCUT2D eigenvalue weighted by Gasteiger charge is -2.31. The Morgan fingerprint density at radius 3 is 2.68 bits per heavy atom. The monoisotopic (exact) mass is 359 g/mol. The van der Waals surface area contributed by atoms with Crippen LogP contribution in [0.5, 0.6) is 11.5 Å². The van der Waals surface area contributed by atoms with Gasteiger partial charge in [-0.3, -0.25) is 9.59 Å². The minimum Gasteiger partial charge on any atom is -0.495 e. The minimum absolute atomic E-state index is 0.0339. The van der Waals surface area contributed by atoms with E-state index in [2.05, 4.69) is 5.32 Å². The molecule has 0 bridgehead atoms. The Bertz CT molecular complexity index is 860. The van der Waals surface area contributed by atoms with Crippen LogP contribution in [0.3, 0.4) is 0 Å². The Morgan fingerprint density at radius 2 is 2.00 bits per heavy atom. The molecule has 1 heterocycles. The van der Waals surface area contributed by atoms with Gasteiger partial charge in [-0.1, -0.05) is 11.6 Å². The smallest absolute Gasteiger partial charge is 0.255 e. The van der Waals surface area contributed by atoms with Gasteiger partial charge in [0.2, 0.25) is 0 Å². The third-order valence-corrected chi connectivity index (χ3v) is 4.22. The lowest BCUT2D eigenvalue weighted by atomic mass is 9.92. The number of benzene rings is 2. The summed E-state index contributed by atoms with van der Waals surface area (Å²) in [5, 5.41) is 3.16. The summed E-state index contributed by atoms with van der Waals surface area (Å²) < 4.78 is 10.9. The van der Waals surface area contributed by atoms with Crippen LogP contribution in [0.2, 0.25) is 5.02 Å². The number of hydrogen-bond donors (Lipinski definition) is 1. The number of ether oxygens (including phenoxy) is 2. The maximum atomic E-state index is 12.5. The summed E-state index contributed by atoms with van der Waals surface area (Å²) in [6.45, 7) is 3.73. The fourth-order valence-corrected chi connectivity index (χ4v) is 3.00. The number of carbonyl (C=O) groups excluding carboxylic acids is 2. The van der Waals surface area contributed by atoms with Crippen LogP contribution in [0.4, 0.5) is 5.69 Å². The highest BCUT2D eigenvalue weighted by Crippen LogP contribution is 2.34. The van der Waals surface area contributed by atoms with Crippen molar-refractivity contribution in [2.24, 2.45) is 0 Å². The SMILES string of the molecule is COc1ccc(NC(=O)c2ccc3c(c2)C(=O)CC(C)(C)O3)cc1Cl. The fraction of sp³-hybridized carbons (Fsp3) is 0.263. The number of rotatable bonds is 3. The number of carbonyl (C=O) groups is 2. The first-order chi connectivity index (χ1) is 11.8. The number of fused-ring (bicyclic) bond motifs is 1. The second-order valence-electron chi connectivity index (χ2n) is 6.48. The number of hydrogen-bond acceptors (Lipinski definition) is 4. The molecule has 2 aromatic carbocycles. The Morgan fingerprint density at radius 1 is 1.24 bits per heavy atom. The molecule has 0 spiro atoms. The van der Waals surface area contributed by atoms with Crippen LogP contribution in [-0.4, -0.2) is 24.4 Å². The lowest BCUT2D eigenvalue weighted by Crippen LogP contribution is -2.36. The lowest BCUT2D eigenvalue weighted by molar-refractivity contribution is 0.0620. The second-order valence-corrected chi connectivity index (χ2v) is 6.88. The molecule has 0 aliphatic carbocycles. The van der Waals surface area contributed by atoms with Gasteiger partial charge in [0.25, 0.3) is 5.91 Å². The van der Waals surface area contributed by atoms with Gasteiger partial charge in [0.15, 0.2) is 5.78 Å². The average molecular weight is 360 g/mol. The maximum absolute atomic E-state index is 12.5. The van der Waals surface area contributed by atoms with E-state index in [4.69, 9.17) is 21.1 Å². The van der Waals surface area contributed by atoms with Crippen LogP contribution < -0.4 is 14.8 Å². The van der Waals surface area contributed by atoms with Gasteiger partial charge in [-0.2, -0.15) is 0 Å². The van der Waals surface area contributed by atoms with Crippen LogP contribution in [0.1, 0.15) is 41.0 Å². The third-order valence-electron chi connectivity index (χ3n) is 3.92. The summed E-state index contributed by atoms with van der Waals surface area (Å²) in [7, 11) is 1.52. The molecule has 0 aromatic heterocycles. The molecular weight excluding hydrogens is 342 g/mol. The molecule has 1 aliphatic heterocycles. The van der Waals surface area contributed by atoms with E-state index >= 15 is 0 Å². The van der Waals surface area contributed by atoms with Crippen LogP contribution in [0, 0.1) is 0 Å². The summed E-state index contributed by atoms with van der Waals surface area (Å²) >= 11 is 6.06. The largest absolute Gasteiger partial charge is 0.495 e. The summed E-state index contributed by atoms with van der Waals surface area (Å²) in [5.41, 5.74) is 0.813. The molecule has 0 unspecified atom stereocenters. The summed E-state index contributed by atoms with van der Waals surface area (Å²) in [6, 6.07) is 9.82. The molecule has 2 aromatic rings. The van der Waals surface area contributed by atoms with E-state index in [1.807, 2.05) is 13.8 Å². The van der Waals surface area contributed by atoms with Crippen molar-refractivity contribution in [2.45, 2.75) is 25.9 Å². The maximum Gasteiger partial charge on any atom is 0.255 e. The zero-order valence-electron chi connectivity index (χ0n) is 14.2. The summed E-state index contributed by atoms with van der Waals surface area (Å²) in [4.78, 5) is 24.8. The molecule has 1 amide bonds. The quantitative estimate of drug-likeness (QED) is 0.885. The molecule has 1 aliphatic rings. The molecule has 130 valence electrons. The van der Waals surface area contributed by atoms with Crippen molar-refractivity contribution in [1.82, 2.24) is 0 Å². The number of ketones is 1. The Kier molecular flexibility index (Phi) is 4.43. The Labute approximate surface area is 150 Å². The van der Waals surface area contributed by atoms with Crippen molar-refractivity contribution in [1.29, 1.82) is 0 Å². The number of anilines is 1. The molecule has 25 heavy (non-hydrogen) atoms. The average Bonchev–Trinajstić information content (AvgIpc) is 2.53. The fourth-order valence-electron chi connectivity index (χ4n) is 2.74. The van der Waals surface area contributed by atoms with Gasteiger partial charge in [0, 0.05) is 11.3 Å². The first kappa shape index (κ1) is 17.3. The van der Waals surface area contributed by atoms with E-state index < -0.39 is 5.60 Å². The van der Waals surface area contributed by atoms with Crippen molar-refractivity contribution in [3.63, 3.8) is 0 Å². The van der Waals surface area contributed by atoms with E-state index in [1.165, 1.54) is 7.11 Å². The topological polar surface area (TPSA) is 64.6 Å². The van der Waals surface area contributed by atoms with Crippen molar-refractivity contribution >= 4 is 29.0 Å². The highest BCUT2D eigenvalue weighted by molar-refractivity contribution is 6.32. The van der Waals surface area contributed by atoms with Gasteiger partial charge in [0.05, 0.1) is 24.1 Å². The summed E-state index contributed by atoms with van der Waals surface area (Å²) in [5.74, 6) is 0.666. The van der Waals surface area contributed by atoms with Crippen molar-refractivity contribution in [3.05, 3.63) is 52.5 Å². The Hall–Kier alpha value is -2.53. The minimum atomic E-state index is -0.534. The first-order valence-electron chi connectivity index (χ1n) is 7.80. The van der Waals surface area contributed by atoms with Crippen LogP contribution in [-0.2, 0) is 0 Å². The molecule has 0 saturated carbocycles. The van der Waals surface area contributed by atoms with E-state index in [9.17, 15) is 9.59 Å². The highest BCUT2D eigenvalue weighted by atomic mass is 35.5. The number of amides is 1. The van der Waals surface area contributed by atoms with Gasteiger partial charge >= 0.3 is 0 Å². The van der Waals surface area contributed by atoms with Gasteiger partial charge in [-0.05, 0) is 50.2 Å². The van der Waals surface area contributed by atoms with Gasteiger partial charge < -0.3 is 14.8 Å². The van der Waals surface area contributed by atoms with Crippen LogP contribution in [0.25, 0.3) is 0 Å². The van der Waals surface area contributed by atoms with Crippen LogP contribution in [0.15, 0.2) is 36.4 Å². The van der Waals surface area contributed by atoms with Gasteiger partial charge in [0.1, 0.15) is 17.1 Å². The van der Waals surface area contributed by atoms with E-state index in [0.29, 0.717) is 33.3 Å². The second kappa shape index (κ2) is 6.41. The van der Waals surface area contributed by atoms with Crippen LogP contribution >= 0.6 is 11.6 Å². The molecule has 6 heteroatoms. The number of halogens is 1. The zero-order chi connectivity index (χ0) is 18.2. The third kappa shape index (κ3) is 3.61. The van der Waals surface area contributed by atoms with Gasteiger partial charge in [-0.15, -0.1) is 0 Å². The molecule has 3 rings (SSSR count). The number of methoxy groups -OCH3 is 1. The molecular formula is C19H18ClNO4. The van der Waals surface area contributed by atoms with E-state index in [1.54, 1.807) is 36.4 Å². The molecule has 0 saturated heterocycles. The van der Waals surface area contributed by atoms with E-state index in [-0.39, 0.29) is 18.1 Å². The molecule has 0 radical (unpaired) electrons. The molecule has 5 nitrogen and oxygen atoms in total. The van der Waals surface area contributed by atoms with Crippen molar-refractivity contribution in [2.75, 3.05) is 12.4 Å². The van der Waals surface area contributed by atoms with E-state index in [0.717, 1.165) is 0 Å². The first-order valence-corrected chi connectivity index (χ1v) is 8.18.